The second-order valence-corrected chi connectivity index (χ2v) is 5.93. The first-order valence-electron chi connectivity index (χ1n) is 8.52. The number of hydrogen-bond donors (Lipinski definition) is 1. The van der Waals surface area contributed by atoms with Gasteiger partial charge in [-0.05, 0) is 35.4 Å². The van der Waals surface area contributed by atoms with E-state index < -0.39 is 5.82 Å². The Morgan fingerprint density at radius 3 is 2.30 bits per heavy atom. The molecule has 3 rings (SSSR count). The van der Waals surface area contributed by atoms with Gasteiger partial charge in [-0.1, -0.05) is 48.5 Å². The monoisotopic (exact) mass is 365 g/mol. The zero-order valence-corrected chi connectivity index (χ0v) is 14.9. The number of benzene rings is 3. The lowest BCUT2D eigenvalue weighted by Gasteiger charge is -2.20. The average molecular weight is 365 g/mol. The fraction of sp³-hybridized carbons (Fsp3) is 0.136. The van der Waals surface area contributed by atoms with Crippen molar-refractivity contribution in [3.63, 3.8) is 0 Å². The van der Waals surface area contributed by atoms with Crippen LogP contribution in [0.15, 0.2) is 78.9 Å². The van der Waals surface area contributed by atoms with Crippen LogP contribution in [-0.4, -0.2) is 19.6 Å². The van der Waals surface area contributed by atoms with Crippen molar-refractivity contribution < 1.29 is 18.7 Å². The summed E-state index contributed by atoms with van der Waals surface area (Å²) in [7, 11) is 1.61. The van der Waals surface area contributed by atoms with E-state index in [4.69, 9.17) is 9.47 Å². The summed E-state index contributed by atoms with van der Waals surface area (Å²) in [4.78, 5) is 12.4. The van der Waals surface area contributed by atoms with Crippen molar-refractivity contribution in [3.05, 3.63) is 95.8 Å². The van der Waals surface area contributed by atoms with Crippen molar-refractivity contribution in [2.45, 2.75) is 6.04 Å². The topological polar surface area (TPSA) is 47.6 Å². The Bertz CT molecular complexity index is 882. The molecule has 3 aromatic rings. The van der Waals surface area contributed by atoms with Crippen LogP contribution in [0.1, 0.15) is 17.2 Å². The molecule has 4 nitrogen and oxygen atoms in total. The summed E-state index contributed by atoms with van der Waals surface area (Å²) in [6.45, 7) is -0.205. The Balaban J connectivity index is 1.73. The second-order valence-electron chi connectivity index (χ2n) is 5.93. The number of hydrogen-bond acceptors (Lipinski definition) is 3. The predicted octanol–water partition coefficient (Wildman–Crippen LogP) is 4.12. The van der Waals surface area contributed by atoms with Crippen molar-refractivity contribution >= 4 is 5.91 Å². The van der Waals surface area contributed by atoms with Gasteiger partial charge in [0.25, 0.3) is 5.91 Å². The second kappa shape index (κ2) is 8.85. The molecule has 0 radical (unpaired) electrons. The fourth-order valence-electron chi connectivity index (χ4n) is 2.71. The van der Waals surface area contributed by atoms with Crippen LogP contribution in [0.2, 0.25) is 0 Å². The molecule has 3 aromatic carbocycles. The number of methoxy groups -OCH3 is 1. The van der Waals surface area contributed by atoms with Crippen LogP contribution >= 0.6 is 0 Å². The highest BCUT2D eigenvalue weighted by Crippen LogP contribution is 2.24. The summed E-state index contributed by atoms with van der Waals surface area (Å²) in [6, 6.07) is 22.5. The minimum Gasteiger partial charge on any atom is -0.497 e. The quantitative estimate of drug-likeness (QED) is 0.685. The maximum atomic E-state index is 13.2. The number of ether oxygens (including phenoxy) is 2. The lowest BCUT2D eigenvalue weighted by atomic mass is 9.98. The largest absolute Gasteiger partial charge is 0.497 e. The van der Waals surface area contributed by atoms with E-state index in [0.29, 0.717) is 5.75 Å². The lowest BCUT2D eigenvalue weighted by molar-refractivity contribution is -0.123. The summed E-state index contributed by atoms with van der Waals surface area (Å²) < 4.78 is 23.8. The molecule has 0 saturated heterocycles. The zero-order valence-electron chi connectivity index (χ0n) is 14.9. The van der Waals surface area contributed by atoms with E-state index in [9.17, 15) is 9.18 Å². The lowest BCUT2D eigenvalue weighted by Crippen LogP contribution is -2.33. The highest BCUT2D eigenvalue weighted by atomic mass is 19.1. The summed E-state index contributed by atoms with van der Waals surface area (Å²) in [5.41, 5.74) is 1.86. The molecule has 0 aliphatic heterocycles. The smallest absolute Gasteiger partial charge is 0.258 e. The minimum absolute atomic E-state index is 0.205. The minimum atomic E-state index is -0.409. The maximum Gasteiger partial charge on any atom is 0.258 e. The Labute approximate surface area is 157 Å². The van der Waals surface area contributed by atoms with E-state index in [-0.39, 0.29) is 18.6 Å². The molecule has 0 aliphatic carbocycles. The number of nitrogens with one attached hydrogen (secondary N) is 1. The molecule has 0 saturated carbocycles. The third-order valence-electron chi connectivity index (χ3n) is 4.05. The van der Waals surface area contributed by atoms with Gasteiger partial charge in [-0.25, -0.2) is 4.39 Å². The molecule has 5 heteroatoms. The number of halogens is 1. The Morgan fingerprint density at radius 2 is 1.63 bits per heavy atom. The summed E-state index contributed by atoms with van der Waals surface area (Å²) in [6.07, 6.45) is 0. The van der Waals surface area contributed by atoms with Gasteiger partial charge in [0, 0.05) is 6.07 Å². The van der Waals surface area contributed by atoms with Gasteiger partial charge >= 0.3 is 0 Å². The van der Waals surface area contributed by atoms with Crippen molar-refractivity contribution in [1.82, 2.24) is 5.32 Å². The van der Waals surface area contributed by atoms with Gasteiger partial charge < -0.3 is 14.8 Å². The van der Waals surface area contributed by atoms with Crippen molar-refractivity contribution in [2.75, 3.05) is 13.7 Å². The number of carbonyl (C=O) groups is 1. The molecule has 0 heterocycles. The maximum absolute atomic E-state index is 13.2. The first kappa shape index (κ1) is 18.5. The molecule has 27 heavy (non-hydrogen) atoms. The van der Waals surface area contributed by atoms with Crippen LogP contribution in [0, 0.1) is 5.82 Å². The van der Waals surface area contributed by atoms with E-state index in [1.165, 1.54) is 18.2 Å². The van der Waals surface area contributed by atoms with Gasteiger partial charge in [0.05, 0.1) is 13.2 Å². The molecule has 0 bridgehead atoms. The Morgan fingerprint density at radius 1 is 0.926 bits per heavy atom. The van der Waals surface area contributed by atoms with Crippen molar-refractivity contribution in [3.8, 4) is 11.5 Å². The molecule has 0 unspecified atom stereocenters. The van der Waals surface area contributed by atoms with E-state index in [1.54, 1.807) is 13.2 Å². The summed E-state index contributed by atoms with van der Waals surface area (Å²) >= 11 is 0. The van der Waals surface area contributed by atoms with Crippen LogP contribution < -0.4 is 14.8 Å². The third kappa shape index (κ3) is 5.07. The molecule has 1 amide bonds. The molecule has 0 aliphatic rings. The van der Waals surface area contributed by atoms with Gasteiger partial charge in [-0.3, -0.25) is 4.79 Å². The number of rotatable bonds is 7. The van der Waals surface area contributed by atoms with Crippen LogP contribution in [0.25, 0.3) is 0 Å². The average Bonchev–Trinajstić information content (AvgIpc) is 2.71. The number of amides is 1. The van der Waals surface area contributed by atoms with Crippen LogP contribution in [0.5, 0.6) is 11.5 Å². The van der Waals surface area contributed by atoms with E-state index in [2.05, 4.69) is 5.32 Å². The molecule has 0 spiro atoms. The Hall–Kier alpha value is -3.34. The third-order valence-corrected chi connectivity index (χ3v) is 4.05. The highest BCUT2D eigenvalue weighted by molar-refractivity contribution is 5.78. The molecule has 0 aromatic heterocycles. The standard InChI is InChI=1S/C22H20FNO3/c1-26-19-12-10-17(11-13-19)22(16-6-3-2-4-7-16)24-21(25)15-27-20-9-5-8-18(23)14-20/h2-14,22H,15H2,1H3,(H,24,25)/t22-/m1/s1. The Kier molecular flexibility index (Phi) is 6.05. The van der Waals surface area contributed by atoms with Gasteiger partial charge in [0.1, 0.15) is 17.3 Å². The fourth-order valence-corrected chi connectivity index (χ4v) is 2.71. The summed E-state index contributed by atoms with van der Waals surface area (Å²) in [5.74, 6) is 0.342. The van der Waals surface area contributed by atoms with Crippen LogP contribution in [0.4, 0.5) is 4.39 Å². The molecule has 1 N–H and O–H groups in total. The van der Waals surface area contributed by atoms with Gasteiger partial charge in [-0.2, -0.15) is 0 Å². The molecule has 138 valence electrons. The van der Waals surface area contributed by atoms with Gasteiger partial charge in [0.2, 0.25) is 0 Å². The van der Waals surface area contributed by atoms with Gasteiger partial charge in [-0.15, -0.1) is 0 Å². The van der Waals surface area contributed by atoms with E-state index in [1.807, 2.05) is 54.6 Å². The van der Waals surface area contributed by atoms with Gasteiger partial charge in [0.15, 0.2) is 6.61 Å². The van der Waals surface area contributed by atoms with Crippen molar-refractivity contribution in [2.24, 2.45) is 0 Å². The predicted molar refractivity (Wildman–Crippen MR) is 101 cm³/mol. The van der Waals surface area contributed by atoms with E-state index >= 15 is 0 Å². The SMILES string of the molecule is COc1ccc([C@H](NC(=O)COc2cccc(F)c2)c2ccccc2)cc1. The summed E-state index contributed by atoms with van der Waals surface area (Å²) in [5, 5.41) is 2.97. The normalized spacial score (nSPS) is 11.5. The highest BCUT2D eigenvalue weighted by Gasteiger charge is 2.17. The van der Waals surface area contributed by atoms with E-state index in [0.717, 1.165) is 16.9 Å². The van der Waals surface area contributed by atoms with Crippen molar-refractivity contribution in [1.29, 1.82) is 0 Å². The molecule has 0 fully saturated rings. The molecular formula is C22H20FNO3. The molecular weight excluding hydrogens is 345 g/mol. The zero-order chi connectivity index (χ0) is 19.1. The van der Waals surface area contributed by atoms with Crippen LogP contribution in [0.3, 0.4) is 0 Å². The van der Waals surface area contributed by atoms with Crippen LogP contribution in [-0.2, 0) is 4.79 Å². The first-order chi connectivity index (χ1) is 13.2. The number of carbonyl (C=O) groups excluding carboxylic acids is 1. The molecule has 1 atom stereocenters. The first-order valence-corrected chi connectivity index (χ1v) is 8.52.